The van der Waals surface area contributed by atoms with E-state index in [0.29, 0.717) is 0 Å². The van der Waals surface area contributed by atoms with Gasteiger partial charge < -0.3 is 4.74 Å². The van der Waals surface area contributed by atoms with Crippen molar-refractivity contribution in [3.63, 3.8) is 0 Å². The van der Waals surface area contributed by atoms with Crippen molar-refractivity contribution in [3.8, 4) is 0 Å². The first kappa shape index (κ1) is 10.8. The van der Waals surface area contributed by atoms with Crippen molar-refractivity contribution in [2.75, 3.05) is 0 Å². The van der Waals surface area contributed by atoms with Gasteiger partial charge in [0, 0.05) is 12.4 Å². The van der Waals surface area contributed by atoms with Crippen LogP contribution in [-0.2, 0) is 4.74 Å². The standard InChI is InChI=1S/C11H17NO2/c1-8-6-12(7-9(8)2)10(13)14-11(3,4)5/h6-7H,1-5H3. The highest BCUT2D eigenvalue weighted by atomic mass is 16.6. The van der Waals surface area contributed by atoms with E-state index in [1.807, 2.05) is 34.6 Å². The molecule has 0 saturated carbocycles. The molecule has 0 radical (unpaired) electrons. The van der Waals surface area contributed by atoms with Gasteiger partial charge in [0.25, 0.3) is 0 Å². The van der Waals surface area contributed by atoms with Gasteiger partial charge in [-0.2, -0.15) is 0 Å². The molecular weight excluding hydrogens is 178 g/mol. The molecule has 78 valence electrons. The highest BCUT2D eigenvalue weighted by molar-refractivity contribution is 5.71. The lowest BCUT2D eigenvalue weighted by atomic mass is 10.2. The Hall–Kier alpha value is -1.25. The normalized spacial score (nSPS) is 11.5. The molecule has 0 N–H and O–H groups in total. The molecule has 0 aromatic carbocycles. The van der Waals surface area contributed by atoms with Crippen molar-refractivity contribution in [2.45, 2.75) is 40.2 Å². The summed E-state index contributed by atoms with van der Waals surface area (Å²) in [6.45, 7) is 9.50. The van der Waals surface area contributed by atoms with E-state index in [0.717, 1.165) is 11.1 Å². The monoisotopic (exact) mass is 195 g/mol. The molecule has 0 saturated heterocycles. The smallest absolute Gasteiger partial charge is 0.418 e. The SMILES string of the molecule is Cc1cn(C(=O)OC(C)(C)C)cc1C. The van der Waals surface area contributed by atoms with Crippen LogP contribution in [0.2, 0.25) is 0 Å². The second-order valence-electron chi connectivity index (χ2n) is 4.51. The molecule has 0 fully saturated rings. The molecule has 0 amide bonds. The molecular formula is C11H17NO2. The first-order chi connectivity index (χ1) is 6.29. The van der Waals surface area contributed by atoms with Crippen molar-refractivity contribution >= 4 is 6.09 Å². The predicted octanol–water partition coefficient (Wildman–Crippen LogP) is 2.89. The average molecular weight is 195 g/mol. The van der Waals surface area contributed by atoms with E-state index in [1.165, 1.54) is 4.57 Å². The first-order valence-corrected chi connectivity index (χ1v) is 4.68. The molecule has 1 heterocycles. The highest BCUT2D eigenvalue weighted by Gasteiger charge is 2.17. The third kappa shape index (κ3) is 2.62. The van der Waals surface area contributed by atoms with Crippen molar-refractivity contribution in [2.24, 2.45) is 0 Å². The number of nitrogens with zero attached hydrogens (tertiary/aromatic N) is 1. The Morgan fingerprint density at radius 2 is 1.64 bits per heavy atom. The van der Waals surface area contributed by atoms with E-state index in [4.69, 9.17) is 4.74 Å². The summed E-state index contributed by atoms with van der Waals surface area (Å²) in [5.74, 6) is 0. The average Bonchev–Trinajstić information content (AvgIpc) is 2.28. The maximum Gasteiger partial charge on any atom is 0.418 e. The Morgan fingerprint density at radius 1 is 1.21 bits per heavy atom. The third-order valence-corrected chi connectivity index (χ3v) is 1.89. The van der Waals surface area contributed by atoms with Crippen LogP contribution in [-0.4, -0.2) is 16.3 Å². The summed E-state index contributed by atoms with van der Waals surface area (Å²) in [6.07, 6.45) is 3.24. The zero-order valence-corrected chi connectivity index (χ0v) is 9.42. The van der Waals surface area contributed by atoms with Gasteiger partial charge >= 0.3 is 6.09 Å². The number of aromatic nitrogens is 1. The van der Waals surface area contributed by atoms with Crippen molar-refractivity contribution in [3.05, 3.63) is 23.5 Å². The number of aryl methyl sites for hydroxylation is 2. The first-order valence-electron chi connectivity index (χ1n) is 4.68. The van der Waals surface area contributed by atoms with E-state index < -0.39 is 5.60 Å². The van der Waals surface area contributed by atoms with Crippen LogP contribution in [0.25, 0.3) is 0 Å². The Balaban J connectivity index is 2.80. The van der Waals surface area contributed by atoms with Gasteiger partial charge in [0.05, 0.1) is 0 Å². The van der Waals surface area contributed by atoms with Crippen LogP contribution in [0, 0.1) is 13.8 Å². The van der Waals surface area contributed by atoms with Gasteiger partial charge in [-0.3, -0.25) is 4.57 Å². The molecule has 3 nitrogen and oxygen atoms in total. The zero-order valence-electron chi connectivity index (χ0n) is 9.42. The van der Waals surface area contributed by atoms with E-state index in [9.17, 15) is 4.79 Å². The third-order valence-electron chi connectivity index (χ3n) is 1.89. The minimum atomic E-state index is -0.441. The molecule has 0 atom stereocenters. The Kier molecular flexibility index (Phi) is 2.69. The van der Waals surface area contributed by atoms with Crippen LogP contribution < -0.4 is 0 Å². The van der Waals surface area contributed by atoms with E-state index in [1.54, 1.807) is 12.4 Å². The molecule has 1 aromatic heterocycles. The molecule has 0 bridgehead atoms. The zero-order chi connectivity index (χ0) is 10.9. The molecule has 0 aliphatic rings. The molecule has 0 aliphatic carbocycles. The van der Waals surface area contributed by atoms with Gasteiger partial charge in [0.1, 0.15) is 5.60 Å². The van der Waals surface area contributed by atoms with E-state index in [-0.39, 0.29) is 6.09 Å². The summed E-state index contributed by atoms with van der Waals surface area (Å²) in [5.41, 5.74) is 1.75. The summed E-state index contributed by atoms with van der Waals surface area (Å²) < 4.78 is 6.70. The van der Waals surface area contributed by atoms with Crippen LogP contribution in [0.5, 0.6) is 0 Å². The molecule has 14 heavy (non-hydrogen) atoms. The fourth-order valence-corrected chi connectivity index (χ4v) is 1.08. The fourth-order valence-electron chi connectivity index (χ4n) is 1.08. The van der Waals surface area contributed by atoms with Crippen LogP contribution in [0.4, 0.5) is 4.79 Å². The summed E-state index contributed by atoms with van der Waals surface area (Å²) in [6, 6.07) is 0. The Labute approximate surface area is 84.7 Å². The topological polar surface area (TPSA) is 31.2 Å². The predicted molar refractivity (Wildman–Crippen MR) is 55.5 cm³/mol. The minimum Gasteiger partial charge on any atom is -0.443 e. The molecule has 0 unspecified atom stereocenters. The van der Waals surface area contributed by atoms with E-state index in [2.05, 4.69) is 0 Å². The van der Waals surface area contributed by atoms with Crippen LogP contribution in [0.3, 0.4) is 0 Å². The van der Waals surface area contributed by atoms with Gasteiger partial charge in [-0.05, 0) is 45.7 Å². The Bertz CT molecular complexity index is 325. The van der Waals surface area contributed by atoms with E-state index >= 15 is 0 Å². The highest BCUT2D eigenvalue weighted by Crippen LogP contribution is 2.12. The minimum absolute atomic E-state index is 0.325. The lowest BCUT2D eigenvalue weighted by molar-refractivity contribution is 0.0537. The van der Waals surface area contributed by atoms with Crippen LogP contribution >= 0.6 is 0 Å². The summed E-state index contributed by atoms with van der Waals surface area (Å²) >= 11 is 0. The van der Waals surface area contributed by atoms with Crippen LogP contribution in [0.15, 0.2) is 12.4 Å². The number of rotatable bonds is 0. The number of ether oxygens (including phenoxy) is 1. The van der Waals surface area contributed by atoms with Gasteiger partial charge in [0.15, 0.2) is 0 Å². The second kappa shape index (κ2) is 3.48. The summed E-state index contributed by atoms with van der Waals surface area (Å²) in [4.78, 5) is 11.6. The number of carbonyl (C=O) groups excluding carboxylic acids is 1. The van der Waals surface area contributed by atoms with Crippen molar-refractivity contribution in [1.82, 2.24) is 4.57 Å². The largest absolute Gasteiger partial charge is 0.443 e. The van der Waals surface area contributed by atoms with Gasteiger partial charge in [0.2, 0.25) is 0 Å². The lowest BCUT2D eigenvalue weighted by Gasteiger charge is -2.19. The lowest BCUT2D eigenvalue weighted by Crippen LogP contribution is -2.26. The summed E-state index contributed by atoms with van der Waals surface area (Å²) in [5, 5.41) is 0. The maximum atomic E-state index is 11.6. The van der Waals surface area contributed by atoms with Gasteiger partial charge in [-0.15, -0.1) is 0 Å². The molecule has 1 rings (SSSR count). The molecule has 1 aromatic rings. The van der Waals surface area contributed by atoms with Crippen molar-refractivity contribution < 1.29 is 9.53 Å². The van der Waals surface area contributed by atoms with Gasteiger partial charge in [-0.1, -0.05) is 0 Å². The number of hydrogen-bond donors (Lipinski definition) is 0. The fraction of sp³-hybridized carbons (Fsp3) is 0.545. The van der Waals surface area contributed by atoms with Crippen LogP contribution in [0.1, 0.15) is 31.9 Å². The maximum absolute atomic E-state index is 11.6. The van der Waals surface area contributed by atoms with Gasteiger partial charge in [-0.25, -0.2) is 4.79 Å². The Morgan fingerprint density at radius 3 is 2.00 bits per heavy atom. The quantitative estimate of drug-likeness (QED) is 0.637. The molecule has 0 spiro atoms. The second-order valence-corrected chi connectivity index (χ2v) is 4.51. The van der Waals surface area contributed by atoms with Crippen molar-refractivity contribution in [1.29, 1.82) is 0 Å². The summed E-state index contributed by atoms with van der Waals surface area (Å²) in [7, 11) is 0. The molecule has 0 aliphatic heterocycles. The molecule has 3 heteroatoms. The number of hydrogen-bond acceptors (Lipinski definition) is 2. The number of carbonyl (C=O) groups is 1.